The Kier molecular flexibility index (Phi) is 14.9. The number of carbonyl (C=O) groups is 1. The van der Waals surface area contributed by atoms with E-state index in [2.05, 4.69) is 23.8 Å². The number of alkyl halides is 7. The molecule has 0 unspecified atom stereocenters. The van der Waals surface area contributed by atoms with Gasteiger partial charge in [-0.05, 0) is 32.1 Å². The van der Waals surface area contributed by atoms with Crippen molar-refractivity contribution in [3.05, 3.63) is 12.2 Å². The number of rotatable bonds is 18. The summed E-state index contributed by atoms with van der Waals surface area (Å²) in [5, 5.41) is 0. The zero-order chi connectivity index (χ0) is 23.8. The summed E-state index contributed by atoms with van der Waals surface area (Å²) in [4.78, 5) is 11.3. The predicted octanol–water partition coefficient (Wildman–Crippen LogP) is 8.40. The molecular weight excluding hydrogens is 429 g/mol. The van der Waals surface area contributed by atoms with E-state index in [1.165, 1.54) is 38.5 Å². The van der Waals surface area contributed by atoms with Gasteiger partial charge in [-0.15, -0.1) is 0 Å². The number of hydrogen-bond donors (Lipinski definition) is 0. The van der Waals surface area contributed by atoms with E-state index >= 15 is 0 Å². The van der Waals surface area contributed by atoms with Crippen molar-refractivity contribution in [3.63, 3.8) is 0 Å². The predicted molar refractivity (Wildman–Crippen MR) is 106 cm³/mol. The highest BCUT2D eigenvalue weighted by Crippen LogP contribution is 2.46. The van der Waals surface area contributed by atoms with Gasteiger partial charge in [-0.1, -0.05) is 70.4 Å². The van der Waals surface area contributed by atoms with Crippen LogP contribution in [-0.4, -0.2) is 30.6 Å². The molecule has 0 saturated heterocycles. The second-order valence-corrected chi connectivity index (χ2v) is 7.77. The SMILES string of the molecule is CCCCCCCC/C=C/CCCCCCCC(=O)OCC(F)(F)C(F)(F)C(F)(F)F. The quantitative estimate of drug-likeness (QED) is 0.0881. The highest BCUT2D eigenvalue weighted by atomic mass is 19.4. The molecule has 0 rings (SSSR count). The second-order valence-electron chi connectivity index (χ2n) is 7.77. The average Bonchev–Trinajstić information content (AvgIpc) is 2.68. The molecule has 0 aromatic carbocycles. The summed E-state index contributed by atoms with van der Waals surface area (Å²) in [6, 6.07) is 0. The zero-order valence-electron chi connectivity index (χ0n) is 18.2. The van der Waals surface area contributed by atoms with Crippen molar-refractivity contribution < 1.29 is 40.3 Å². The Labute approximate surface area is 180 Å². The van der Waals surface area contributed by atoms with Crippen LogP contribution in [0.5, 0.6) is 0 Å². The first kappa shape index (κ1) is 29.7. The standard InChI is InChI=1S/C22H35F7O2/c1-2-3-4-5-6-7-8-9-10-11-12-13-14-15-16-17-19(30)31-18-20(23,24)21(25,26)22(27,28)29/h9-10H,2-8,11-18H2,1H3/b10-9+. The Morgan fingerprint density at radius 3 is 1.65 bits per heavy atom. The number of esters is 1. The summed E-state index contributed by atoms with van der Waals surface area (Å²) >= 11 is 0. The highest BCUT2D eigenvalue weighted by Gasteiger charge is 2.73. The topological polar surface area (TPSA) is 26.3 Å². The van der Waals surface area contributed by atoms with Crippen LogP contribution >= 0.6 is 0 Å². The molecule has 0 aliphatic rings. The molecule has 0 aliphatic heterocycles. The van der Waals surface area contributed by atoms with Gasteiger partial charge < -0.3 is 4.74 Å². The lowest BCUT2D eigenvalue weighted by atomic mass is 10.1. The molecule has 0 spiro atoms. The van der Waals surface area contributed by atoms with Gasteiger partial charge in [0.15, 0.2) is 6.61 Å². The van der Waals surface area contributed by atoms with Gasteiger partial charge in [0.05, 0.1) is 0 Å². The summed E-state index contributed by atoms with van der Waals surface area (Å²) in [6.45, 7) is -0.109. The van der Waals surface area contributed by atoms with Gasteiger partial charge in [0.25, 0.3) is 0 Å². The van der Waals surface area contributed by atoms with Gasteiger partial charge >= 0.3 is 24.0 Å². The fourth-order valence-electron chi connectivity index (χ4n) is 2.88. The first-order chi connectivity index (χ1) is 14.5. The van der Waals surface area contributed by atoms with E-state index in [0.717, 1.165) is 32.1 Å². The molecule has 184 valence electrons. The average molecular weight is 465 g/mol. The first-order valence-corrected chi connectivity index (χ1v) is 11.1. The molecule has 0 amide bonds. The Balaban J connectivity index is 3.69. The maximum Gasteiger partial charge on any atom is 0.460 e. The zero-order valence-corrected chi connectivity index (χ0v) is 18.2. The summed E-state index contributed by atoms with van der Waals surface area (Å²) in [7, 11) is 0. The smallest absolute Gasteiger partial charge is 0.459 e. The van der Waals surface area contributed by atoms with Crippen LogP contribution in [0.25, 0.3) is 0 Å². The van der Waals surface area contributed by atoms with Crippen LogP contribution in [0.4, 0.5) is 30.7 Å². The summed E-state index contributed by atoms with van der Waals surface area (Å²) in [6.07, 6.45) is 10.9. The normalized spacial score (nSPS) is 13.2. The number of halogens is 7. The molecule has 0 aliphatic carbocycles. The van der Waals surface area contributed by atoms with E-state index in [1.54, 1.807) is 0 Å². The van der Waals surface area contributed by atoms with E-state index < -0.39 is 30.6 Å². The lowest BCUT2D eigenvalue weighted by Crippen LogP contribution is -2.54. The molecule has 0 aromatic heterocycles. The summed E-state index contributed by atoms with van der Waals surface area (Å²) in [5.74, 6) is -13.0. The van der Waals surface area contributed by atoms with Crippen LogP contribution in [-0.2, 0) is 9.53 Å². The number of hydrogen-bond acceptors (Lipinski definition) is 2. The van der Waals surface area contributed by atoms with Gasteiger partial charge in [0.1, 0.15) is 0 Å². The van der Waals surface area contributed by atoms with Gasteiger partial charge in [-0.25, -0.2) is 0 Å². The van der Waals surface area contributed by atoms with Crippen molar-refractivity contribution in [1.29, 1.82) is 0 Å². The van der Waals surface area contributed by atoms with E-state index in [9.17, 15) is 35.5 Å². The van der Waals surface area contributed by atoms with Gasteiger partial charge in [-0.2, -0.15) is 30.7 Å². The van der Waals surface area contributed by atoms with Gasteiger partial charge in [0, 0.05) is 6.42 Å². The number of ether oxygens (including phenoxy) is 1. The van der Waals surface area contributed by atoms with Crippen molar-refractivity contribution >= 4 is 5.97 Å². The molecule has 0 bridgehead atoms. The van der Waals surface area contributed by atoms with Gasteiger partial charge in [-0.3, -0.25) is 4.79 Å². The maximum atomic E-state index is 13.0. The van der Waals surface area contributed by atoms with E-state index in [1.807, 2.05) is 0 Å². The van der Waals surface area contributed by atoms with E-state index in [0.29, 0.717) is 12.8 Å². The van der Waals surface area contributed by atoms with Crippen molar-refractivity contribution in [2.24, 2.45) is 0 Å². The van der Waals surface area contributed by atoms with Crippen molar-refractivity contribution in [3.8, 4) is 0 Å². The third kappa shape index (κ3) is 13.0. The van der Waals surface area contributed by atoms with Gasteiger partial charge in [0.2, 0.25) is 0 Å². The van der Waals surface area contributed by atoms with Crippen LogP contribution in [0.15, 0.2) is 12.2 Å². The molecule has 9 heteroatoms. The Bertz CT molecular complexity index is 503. The molecule has 2 nitrogen and oxygen atoms in total. The second kappa shape index (κ2) is 15.5. The number of unbranched alkanes of at least 4 members (excludes halogenated alkanes) is 11. The first-order valence-electron chi connectivity index (χ1n) is 11.1. The van der Waals surface area contributed by atoms with Crippen LogP contribution in [0.1, 0.15) is 96.8 Å². The number of carbonyl (C=O) groups excluding carboxylic acids is 1. The Hall–Kier alpha value is -1.28. The number of allylic oxidation sites excluding steroid dienone is 2. The van der Waals surface area contributed by atoms with Crippen LogP contribution < -0.4 is 0 Å². The molecule has 0 heterocycles. The molecule has 0 N–H and O–H groups in total. The van der Waals surface area contributed by atoms with Crippen molar-refractivity contribution in [1.82, 2.24) is 0 Å². The largest absolute Gasteiger partial charge is 0.460 e. The molecule has 0 aromatic rings. The fraction of sp³-hybridized carbons (Fsp3) is 0.864. The maximum absolute atomic E-state index is 13.0. The molecule has 0 atom stereocenters. The Morgan fingerprint density at radius 1 is 0.710 bits per heavy atom. The lowest BCUT2D eigenvalue weighted by molar-refractivity contribution is -0.359. The van der Waals surface area contributed by atoms with Crippen LogP contribution in [0.3, 0.4) is 0 Å². The van der Waals surface area contributed by atoms with Crippen molar-refractivity contribution in [2.75, 3.05) is 6.61 Å². The minimum absolute atomic E-state index is 0.300. The minimum Gasteiger partial charge on any atom is -0.459 e. The molecule has 0 saturated carbocycles. The lowest BCUT2D eigenvalue weighted by Gasteiger charge is -2.27. The van der Waals surface area contributed by atoms with Crippen LogP contribution in [0.2, 0.25) is 0 Å². The molecule has 0 radical (unpaired) electrons. The summed E-state index contributed by atoms with van der Waals surface area (Å²) < 4.78 is 91.3. The van der Waals surface area contributed by atoms with Crippen molar-refractivity contribution in [2.45, 2.75) is 115 Å². The third-order valence-electron chi connectivity index (χ3n) is 4.87. The Morgan fingerprint density at radius 2 is 1.16 bits per heavy atom. The highest BCUT2D eigenvalue weighted by molar-refractivity contribution is 5.69. The fourth-order valence-corrected chi connectivity index (χ4v) is 2.88. The third-order valence-corrected chi connectivity index (χ3v) is 4.87. The minimum atomic E-state index is -6.42. The van der Waals surface area contributed by atoms with E-state index in [-0.39, 0.29) is 6.42 Å². The van der Waals surface area contributed by atoms with E-state index in [4.69, 9.17) is 0 Å². The molecular formula is C22H35F7O2. The molecule has 0 fully saturated rings. The van der Waals surface area contributed by atoms with Crippen LogP contribution in [0, 0.1) is 0 Å². The summed E-state index contributed by atoms with van der Waals surface area (Å²) in [5.41, 5.74) is 0. The molecule has 31 heavy (non-hydrogen) atoms. The monoisotopic (exact) mass is 464 g/mol.